The van der Waals surface area contributed by atoms with Gasteiger partial charge in [-0.25, -0.2) is 4.68 Å². The Bertz CT molecular complexity index is 548. The van der Waals surface area contributed by atoms with E-state index in [1.807, 2.05) is 0 Å². The first kappa shape index (κ1) is 12.3. The smallest absolute Gasteiger partial charge is 0.267 e. The van der Waals surface area contributed by atoms with Gasteiger partial charge in [0.15, 0.2) is 0 Å². The second-order valence-corrected chi connectivity index (χ2v) is 3.58. The molecule has 94 valence electrons. The molecule has 0 unspecified atom stereocenters. The summed E-state index contributed by atoms with van der Waals surface area (Å²) in [5, 5.41) is 3.60. The highest BCUT2D eigenvalue weighted by molar-refractivity contribution is 5.95. The van der Waals surface area contributed by atoms with Crippen LogP contribution in [0.2, 0.25) is 0 Å². The molecule has 0 spiro atoms. The van der Waals surface area contributed by atoms with E-state index in [-0.39, 0.29) is 5.69 Å². The molecule has 18 heavy (non-hydrogen) atoms. The summed E-state index contributed by atoms with van der Waals surface area (Å²) >= 11 is 0. The number of hydrogen-bond acceptors (Lipinski definition) is 3. The van der Waals surface area contributed by atoms with Crippen LogP contribution in [0, 0.1) is 0 Å². The fraction of sp³-hybridized carbons (Fsp3) is 0.182. The molecule has 0 amide bonds. The predicted octanol–water partition coefficient (Wildman–Crippen LogP) is 2.07. The van der Waals surface area contributed by atoms with E-state index in [0.29, 0.717) is 5.56 Å². The normalized spacial score (nSPS) is 11.5. The van der Waals surface area contributed by atoms with Crippen LogP contribution >= 0.6 is 0 Å². The first-order valence-corrected chi connectivity index (χ1v) is 5.02. The number of rotatable bonds is 2. The number of carbonyl (C=O) groups excluding carboxylic acids is 1. The van der Waals surface area contributed by atoms with E-state index >= 15 is 0 Å². The monoisotopic (exact) mass is 255 g/mol. The number of hydrogen-bond donors (Lipinski definition) is 0. The highest BCUT2D eigenvalue weighted by Gasteiger charge is 2.29. The summed E-state index contributed by atoms with van der Waals surface area (Å²) in [5.74, 6) is -0.495. The van der Waals surface area contributed by atoms with Crippen LogP contribution in [0.5, 0.6) is 0 Å². The van der Waals surface area contributed by atoms with E-state index in [2.05, 4.69) is 10.1 Å². The molecule has 2 heterocycles. The van der Waals surface area contributed by atoms with Gasteiger partial charge in [-0.1, -0.05) is 0 Å². The van der Waals surface area contributed by atoms with Gasteiger partial charge in [0.25, 0.3) is 5.91 Å². The summed E-state index contributed by atoms with van der Waals surface area (Å²) in [5.41, 5.74) is 0.122. The summed E-state index contributed by atoms with van der Waals surface area (Å²) < 4.78 is 37.3. The Morgan fingerprint density at radius 2 is 1.89 bits per heavy atom. The first-order chi connectivity index (χ1) is 8.46. The third-order valence-electron chi connectivity index (χ3n) is 2.16. The van der Waals surface area contributed by atoms with Crippen LogP contribution < -0.4 is 0 Å². The Hall–Kier alpha value is -2.18. The van der Waals surface area contributed by atoms with E-state index in [1.165, 1.54) is 36.8 Å². The molecule has 0 aliphatic rings. The summed E-state index contributed by atoms with van der Waals surface area (Å²) in [6, 6.07) is 4.10. The fourth-order valence-electron chi connectivity index (χ4n) is 1.40. The molecule has 2 aromatic rings. The molecular weight excluding hydrogens is 247 g/mol. The van der Waals surface area contributed by atoms with Crippen molar-refractivity contribution in [2.45, 2.75) is 12.6 Å². The third-order valence-corrected chi connectivity index (χ3v) is 2.16. The molecule has 0 N–H and O–H groups in total. The quantitative estimate of drug-likeness (QED) is 0.825. The van der Waals surface area contributed by atoms with Crippen molar-refractivity contribution < 1.29 is 18.0 Å². The molecule has 0 aliphatic heterocycles. The van der Waals surface area contributed by atoms with E-state index < -0.39 is 18.5 Å². The highest BCUT2D eigenvalue weighted by Crippen LogP contribution is 2.20. The summed E-state index contributed by atoms with van der Waals surface area (Å²) in [6.07, 6.45) is -1.42. The lowest BCUT2D eigenvalue weighted by molar-refractivity contribution is -0.127. The van der Waals surface area contributed by atoms with Crippen molar-refractivity contribution in [1.82, 2.24) is 14.8 Å². The van der Waals surface area contributed by atoms with Gasteiger partial charge in [0.2, 0.25) is 0 Å². The van der Waals surface area contributed by atoms with E-state index in [9.17, 15) is 18.0 Å². The van der Waals surface area contributed by atoms with Gasteiger partial charge >= 0.3 is 6.18 Å². The van der Waals surface area contributed by atoms with Crippen LogP contribution in [0.1, 0.15) is 16.1 Å². The van der Waals surface area contributed by atoms with Crippen molar-refractivity contribution in [2.24, 2.45) is 0 Å². The molecule has 0 fully saturated rings. The third kappa shape index (κ3) is 2.93. The lowest BCUT2D eigenvalue weighted by Gasteiger charge is -2.02. The SMILES string of the molecule is O=C(c1ccncc1)n1ccc(CC(F)(F)F)n1. The van der Waals surface area contributed by atoms with Crippen molar-refractivity contribution in [3.05, 3.63) is 48.0 Å². The molecule has 0 bridgehead atoms. The Kier molecular flexibility index (Phi) is 3.14. The van der Waals surface area contributed by atoms with Crippen molar-refractivity contribution in [3.8, 4) is 0 Å². The van der Waals surface area contributed by atoms with E-state index in [1.54, 1.807) is 0 Å². The largest absolute Gasteiger partial charge is 0.394 e. The molecule has 0 aliphatic carbocycles. The molecule has 0 saturated carbocycles. The standard InChI is InChI=1S/C11H8F3N3O/c12-11(13,14)7-9-3-6-17(16-9)10(18)8-1-4-15-5-2-8/h1-6H,7H2. The van der Waals surface area contributed by atoms with Crippen LogP contribution in [-0.4, -0.2) is 26.8 Å². The number of carbonyl (C=O) groups is 1. The Balaban J connectivity index is 2.18. The number of halogens is 3. The maximum Gasteiger partial charge on any atom is 0.394 e. The maximum absolute atomic E-state index is 12.1. The first-order valence-electron chi connectivity index (χ1n) is 5.02. The van der Waals surface area contributed by atoms with Gasteiger partial charge in [-0.2, -0.15) is 18.3 Å². The summed E-state index contributed by atoms with van der Waals surface area (Å²) in [4.78, 5) is 15.6. The van der Waals surface area contributed by atoms with Gasteiger partial charge < -0.3 is 0 Å². The zero-order chi connectivity index (χ0) is 13.2. The summed E-state index contributed by atoms with van der Waals surface area (Å²) in [6.45, 7) is 0. The second-order valence-electron chi connectivity index (χ2n) is 3.58. The van der Waals surface area contributed by atoms with Crippen LogP contribution in [-0.2, 0) is 6.42 Å². The second kappa shape index (κ2) is 4.59. The molecule has 0 aromatic carbocycles. The van der Waals surface area contributed by atoms with E-state index in [4.69, 9.17) is 0 Å². The zero-order valence-corrected chi connectivity index (χ0v) is 9.05. The van der Waals surface area contributed by atoms with Crippen LogP contribution in [0.25, 0.3) is 0 Å². The molecular formula is C11H8F3N3O. The Morgan fingerprint density at radius 3 is 2.50 bits per heavy atom. The van der Waals surface area contributed by atoms with Gasteiger partial charge in [-0.05, 0) is 18.2 Å². The minimum atomic E-state index is -4.33. The maximum atomic E-state index is 12.1. The fourth-order valence-corrected chi connectivity index (χ4v) is 1.40. The Morgan fingerprint density at radius 1 is 1.22 bits per heavy atom. The molecule has 0 atom stereocenters. The molecule has 4 nitrogen and oxygen atoms in total. The van der Waals surface area contributed by atoms with Crippen molar-refractivity contribution in [1.29, 1.82) is 0 Å². The average molecular weight is 255 g/mol. The summed E-state index contributed by atoms with van der Waals surface area (Å²) in [7, 11) is 0. The molecule has 7 heteroatoms. The highest BCUT2D eigenvalue weighted by atomic mass is 19.4. The average Bonchev–Trinajstić information content (AvgIpc) is 2.75. The van der Waals surface area contributed by atoms with Crippen molar-refractivity contribution in [2.75, 3.05) is 0 Å². The topological polar surface area (TPSA) is 47.8 Å². The number of aromatic nitrogens is 3. The Labute approximate surface area is 100 Å². The van der Waals surface area contributed by atoms with Crippen molar-refractivity contribution >= 4 is 5.91 Å². The predicted molar refractivity (Wildman–Crippen MR) is 56.0 cm³/mol. The zero-order valence-electron chi connectivity index (χ0n) is 9.05. The molecule has 0 saturated heterocycles. The van der Waals surface area contributed by atoms with Crippen LogP contribution in [0.4, 0.5) is 13.2 Å². The lowest BCUT2D eigenvalue weighted by Crippen LogP contribution is -2.15. The van der Waals surface area contributed by atoms with Gasteiger partial charge in [-0.3, -0.25) is 9.78 Å². The molecule has 0 radical (unpaired) electrons. The van der Waals surface area contributed by atoms with Crippen LogP contribution in [0.3, 0.4) is 0 Å². The molecule has 2 aromatic heterocycles. The van der Waals surface area contributed by atoms with Gasteiger partial charge in [0.1, 0.15) is 0 Å². The minimum Gasteiger partial charge on any atom is -0.267 e. The minimum absolute atomic E-state index is 0.190. The van der Waals surface area contributed by atoms with E-state index in [0.717, 1.165) is 4.68 Å². The molecule has 2 rings (SSSR count). The van der Waals surface area contributed by atoms with Crippen molar-refractivity contribution in [3.63, 3.8) is 0 Å². The number of pyridine rings is 1. The lowest BCUT2D eigenvalue weighted by atomic mass is 10.2. The van der Waals surface area contributed by atoms with Gasteiger partial charge in [0, 0.05) is 24.2 Å². The number of alkyl halides is 3. The number of nitrogens with zero attached hydrogens (tertiary/aromatic N) is 3. The van der Waals surface area contributed by atoms with Gasteiger partial charge in [0.05, 0.1) is 12.1 Å². The van der Waals surface area contributed by atoms with Gasteiger partial charge in [-0.15, -0.1) is 0 Å². The van der Waals surface area contributed by atoms with Crippen LogP contribution in [0.15, 0.2) is 36.8 Å².